The topological polar surface area (TPSA) is 0 Å². The molecule has 1 aliphatic rings. The highest BCUT2D eigenvalue weighted by atomic mass is 79.9. The molecule has 0 bridgehead atoms. The third-order valence-corrected chi connectivity index (χ3v) is 18.8. The molecule has 1 rings (SSSR count). The highest BCUT2D eigenvalue weighted by Crippen LogP contribution is 2.38. The largest absolute Gasteiger partial charge is 0.131 e. The summed E-state index contributed by atoms with van der Waals surface area (Å²) in [5, 5.41) is 0. The minimum absolute atomic E-state index is 0.431. The van der Waals surface area contributed by atoms with E-state index in [1.54, 1.807) is 36.3 Å². The van der Waals surface area contributed by atoms with Crippen LogP contribution in [0.2, 0.25) is 29.8 Å². The maximum Gasteiger partial charge on any atom is 0.112 e. The van der Waals surface area contributed by atoms with Crippen LogP contribution in [0.5, 0.6) is 0 Å². The molecule has 0 aliphatic carbocycles. The molecule has 0 nitrogen and oxygen atoms in total. The van der Waals surface area contributed by atoms with Crippen molar-refractivity contribution in [3.05, 3.63) is 0 Å². The van der Waals surface area contributed by atoms with E-state index in [1.165, 1.54) is 25.7 Å². The molecule has 0 aromatic carbocycles. The van der Waals surface area contributed by atoms with Crippen molar-refractivity contribution in [1.29, 1.82) is 0 Å². The molecule has 0 aromatic rings. The summed E-state index contributed by atoms with van der Waals surface area (Å²) in [5.74, 6) is 0. The van der Waals surface area contributed by atoms with Gasteiger partial charge in [-0.3, -0.25) is 0 Å². The van der Waals surface area contributed by atoms with Crippen LogP contribution >= 0.6 is 15.3 Å². The average molecular weight is 307 g/mol. The Bertz CT molecular complexity index is 165. The molecule has 0 N–H and O–H groups in total. The van der Waals surface area contributed by atoms with Gasteiger partial charge in [-0.15, -0.1) is 15.3 Å². The molecule has 0 saturated carbocycles. The van der Waals surface area contributed by atoms with Crippen molar-refractivity contribution in [3.8, 4) is 0 Å². The lowest BCUT2D eigenvalue weighted by Crippen LogP contribution is -2.40. The van der Waals surface area contributed by atoms with Crippen molar-refractivity contribution in [2.24, 2.45) is 0 Å². The first-order valence-corrected chi connectivity index (χ1v) is 14.5. The summed E-state index contributed by atoms with van der Waals surface area (Å²) in [6, 6.07) is 6.55. The predicted molar refractivity (Wildman–Crippen MR) is 80.3 cm³/mol. The standard InChI is InChI=1S/C12H27BrSi2/c1-3-5-9-15(10-6-4-2)11-7-8-14(13)12-15/h14H,3-12H2,1-2H3. The van der Waals surface area contributed by atoms with E-state index >= 15 is 0 Å². The smallest absolute Gasteiger partial charge is 0.112 e. The molecular weight excluding hydrogens is 280 g/mol. The van der Waals surface area contributed by atoms with Gasteiger partial charge in [-0.25, -0.2) is 0 Å². The Morgan fingerprint density at radius 3 is 2.20 bits per heavy atom. The quantitative estimate of drug-likeness (QED) is 0.473. The van der Waals surface area contributed by atoms with Crippen LogP contribution in [-0.2, 0) is 0 Å². The van der Waals surface area contributed by atoms with E-state index in [2.05, 4.69) is 29.1 Å². The van der Waals surface area contributed by atoms with Crippen LogP contribution < -0.4 is 0 Å². The van der Waals surface area contributed by atoms with Crippen LogP contribution in [0, 0.1) is 0 Å². The van der Waals surface area contributed by atoms with Crippen molar-refractivity contribution < 1.29 is 0 Å². The summed E-state index contributed by atoms with van der Waals surface area (Å²) in [6.45, 7) is 4.71. The van der Waals surface area contributed by atoms with Crippen LogP contribution in [0.1, 0.15) is 46.0 Å². The number of hydrogen-bond acceptors (Lipinski definition) is 0. The van der Waals surface area contributed by atoms with Gasteiger partial charge in [0.1, 0.15) is 7.42 Å². The molecule has 0 aromatic heterocycles. The predicted octanol–water partition coefficient (Wildman–Crippen LogP) is 5.10. The molecule has 3 heteroatoms. The minimum Gasteiger partial charge on any atom is -0.131 e. The second-order valence-corrected chi connectivity index (χ2v) is 17.2. The molecule has 1 unspecified atom stereocenters. The molecule has 0 radical (unpaired) electrons. The first-order valence-electron chi connectivity index (χ1n) is 6.86. The first-order chi connectivity index (χ1) is 7.22. The van der Waals surface area contributed by atoms with E-state index in [-0.39, 0.29) is 0 Å². The van der Waals surface area contributed by atoms with Crippen LogP contribution in [0.4, 0.5) is 0 Å². The lowest BCUT2D eigenvalue weighted by atomic mass is 10.4. The monoisotopic (exact) mass is 306 g/mol. The summed E-state index contributed by atoms with van der Waals surface area (Å²) in [7, 11) is -1.20. The molecule has 1 aliphatic heterocycles. The van der Waals surface area contributed by atoms with E-state index in [0.29, 0.717) is 0 Å². The SMILES string of the molecule is CCCC[Si]1(CCCC)CCC[SiH](Br)C1. The number of rotatable bonds is 6. The Labute approximate surface area is 106 Å². The van der Waals surface area contributed by atoms with Crippen molar-refractivity contribution in [2.75, 3.05) is 0 Å². The van der Waals surface area contributed by atoms with E-state index in [9.17, 15) is 0 Å². The van der Waals surface area contributed by atoms with Gasteiger partial charge in [-0.1, -0.05) is 75.8 Å². The van der Waals surface area contributed by atoms with E-state index in [1.807, 2.05) is 0 Å². The average Bonchev–Trinajstić information content (AvgIpc) is 2.24. The van der Waals surface area contributed by atoms with Crippen LogP contribution in [0.3, 0.4) is 0 Å². The Morgan fingerprint density at radius 2 is 1.73 bits per heavy atom. The van der Waals surface area contributed by atoms with Crippen LogP contribution in [-0.4, -0.2) is 15.5 Å². The van der Waals surface area contributed by atoms with Gasteiger partial charge in [0.25, 0.3) is 0 Å². The Kier molecular flexibility index (Phi) is 6.78. The summed E-state index contributed by atoms with van der Waals surface area (Å²) in [4.78, 5) is 0. The van der Waals surface area contributed by atoms with Crippen molar-refractivity contribution in [2.45, 2.75) is 75.8 Å². The Hall–Kier alpha value is 0.914. The van der Waals surface area contributed by atoms with E-state index < -0.39 is 15.5 Å². The fourth-order valence-electron chi connectivity index (χ4n) is 3.06. The molecule has 0 spiro atoms. The van der Waals surface area contributed by atoms with Gasteiger partial charge in [0.15, 0.2) is 0 Å². The molecule has 15 heavy (non-hydrogen) atoms. The van der Waals surface area contributed by atoms with Gasteiger partial charge in [0.05, 0.1) is 8.07 Å². The summed E-state index contributed by atoms with van der Waals surface area (Å²) < 4.78 is 0. The van der Waals surface area contributed by atoms with Crippen LogP contribution in [0.25, 0.3) is 0 Å². The maximum absolute atomic E-state index is 4.02. The zero-order chi connectivity index (χ0) is 11.1. The number of halogens is 1. The Balaban J connectivity index is 2.49. The first kappa shape index (κ1) is 14.0. The van der Waals surface area contributed by atoms with E-state index in [0.717, 1.165) is 0 Å². The fraction of sp³-hybridized carbons (Fsp3) is 1.00. The Morgan fingerprint density at radius 1 is 1.13 bits per heavy atom. The zero-order valence-corrected chi connectivity index (χ0v) is 14.3. The normalized spacial score (nSPS) is 25.4. The highest BCUT2D eigenvalue weighted by Gasteiger charge is 2.36. The molecule has 1 heterocycles. The molecule has 1 atom stereocenters. The van der Waals surface area contributed by atoms with Crippen molar-refractivity contribution in [1.82, 2.24) is 0 Å². The molecule has 0 amide bonds. The van der Waals surface area contributed by atoms with Gasteiger partial charge in [0, 0.05) is 0 Å². The van der Waals surface area contributed by atoms with Gasteiger partial charge in [0.2, 0.25) is 0 Å². The summed E-state index contributed by atoms with van der Waals surface area (Å²) in [5.41, 5.74) is 1.72. The van der Waals surface area contributed by atoms with Gasteiger partial charge in [-0.2, -0.15) is 0 Å². The maximum atomic E-state index is 4.02. The molecule has 1 saturated heterocycles. The van der Waals surface area contributed by atoms with Gasteiger partial charge >= 0.3 is 0 Å². The third kappa shape index (κ3) is 4.74. The van der Waals surface area contributed by atoms with E-state index in [4.69, 9.17) is 0 Å². The fourth-order valence-corrected chi connectivity index (χ4v) is 22.2. The zero-order valence-electron chi connectivity index (χ0n) is 10.5. The van der Waals surface area contributed by atoms with Gasteiger partial charge < -0.3 is 0 Å². The highest BCUT2D eigenvalue weighted by molar-refractivity contribution is 9.24. The minimum atomic E-state index is -0.773. The lowest BCUT2D eigenvalue weighted by molar-refractivity contribution is 0.806. The van der Waals surface area contributed by atoms with Crippen molar-refractivity contribution in [3.63, 3.8) is 0 Å². The molecule has 90 valence electrons. The second-order valence-electron chi connectivity index (χ2n) is 5.40. The lowest BCUT2D eigenvalue weighted by Gasteiger charge is -2.37. The number of hydrogen-bond donors (Lipinski definition) is 0. The summed E-state index contributed by atoms with van der Waals surface area (Å²) in [6.07, 6.45) is 7.43. The second kappa shape index (κ2) is 7.28. The number of unbranched alkanes of at least 4 members (excludes halogenated alkanes) is 2. The van der Waals surface area contributed by atoms with Crippen molar-refractivity contribution >= 4 is 30.8 Å². The van der Waals surface area contributed by atoms with Gasteiger partial charge in [-0.05, 0) is 0 Å². The molecular formula is C12H27BrSi2. The molecule has 1 fully saturated rings. The summed E-state index contributed by atoms with van der Waals surface area (Å²) >= 11 is 4.02. The third-order valence-electron chi connectivity index (χ3n) is 4.00. The van der Waals surface area contributed by atoms with Crippen LogP contribution in [0.15, 0.2) is 0 Å².